The summed E-state index contributed by atoms with van der Waals surface area (Å²) < 4.78 is 13.1. The van der Waals surface area contributed by atoms with E-state index in [1.54, 1.807) is 36.5 Å². The topological polar surface area (TPSA) is 107 Å². The summed E-state index contributed by atoms with van der Waals surface area (Å²) in [5.41, 5.74) is 2.16. The Balaban J connectivity index is 1.72. The van der Waals surface area contributed by atoms with E-state index in [0.29, 0.717) is 41.6 Å². The van der Waals surface area contributed by atoms with Crippen LogP contribution in [0, 0.1) is 0 Å². The van der Waals surface area contributed by atoms with Crippen LogP contribution in [0.25, 0.3) is 22.6 Å². The Hall–Kier alpha value is -2.72. The van der Waals surface area contributed by atoms with Crippen LogP contribution in [0.2, 0.25) is 0 Å². The molecule has 4 aromatic rings. The molecule has 4 aromatic heterocycles. The van der Waals surface area contributed by atoms with E-state index < -0.39 is 0 Å². The second-order valence-corrected chi connectivity index (χ2v) is 5.94. The van der Waals surface area contributed by atoms with Crippen molar-refractivity contribution in [2.75, 3.05) is 19.0 Å². The number of halogens is 1. The molecule has 0 unspecified atom stereocenters. The molecule has 0 atom stereocenters. The van der Waals surface area contributed by atoms with Gasteiger partial charge in [-0.05, 0) is 28.1 Å². The van der Waals surface area contributed by atoms with E-state index >= 15 is 0 Å². The van der Waals surface area contributed by atoms with Crippen molar-refractivity contribution in [2.24, 2.45) is 0 Å². The number of methoxy groups -OCH3 is 1. The van der Waals surface area contributed by atoms with Gasteiger partial charge in [0.15, 0.2) is 17.4 Å². The first-order valence-electron chi connectivity index (χ1n) is 7.48. The van der Waals surface area contributed by atoms with E-state index in [1.807, 2.05) is 6.07 Å². The van der Waals surface area contributed by atoms with E-state index in [9.17, 15) is 0 Å². The van der Waals surface area contributed by atoms with Crippen molar-refractivity contribution in [3.8, 4) is 11.6 Å². The summed E-state index contributed by atoms with van der Waals surface area (Å²) in [6.07, 6.45) is 4.95. The van der Waals surface area contributed by atoms with Gasteiger partial charge in [-0.25, -0.2) is 9.97 Å². The number of aromatic nitrogens is 6. The minimum atomic E-state index is 0.476. The van der Waals surface area contributed by atoms with Crippen LogP contribution in [-0.4, -0.2) is 43.7 Å². The SMILES string of the molecule is COCCn1ncc(Nc2nc(-c3ccco3)nc3cn[nH]c23)c1Br. The van der Waals surface area contributed by atoms with Gasteiger partial charge in [0.05, 0.1) is 37.5 Å². The molecule has 9 nitrogen and oxygen atoms in total. The predicted molar refractivity (Wildman–Crippen MR) is 94.5 cm³/mol. The van der Waals surface area contributed by atoms with E-state index in [-0.39, 0.29) is 0 Å². The number of nitrogens with zero attached hydrogens (tertiary/aromatic N) is 5. The van der Waals surface area contributed by atoms with Crippen LogP contribution in [-0.2, 0) is 11.3 Å². The Morgan fingerprint density at radius 2 is 2.28 bits per heavy atom. The second kappa shape index (κ2) is 6.65. The molecule has 4 heterocycles. The molecule has 0 saturated heterocycles. The number of H-pyrrole nitrogens is 1. The first-order chi connectivity index (χ1) is 12.3. The highest BCUT2D eigenvalue weighted by Gasteiger charge is 2.15. The fourth-order valence-corrected chi connectivity index (χ4v) is 2.83. The number of furan rings is 1. The van der Waals surface area contributed by atoms with Crippen LogP contribution in [0.3, 0.4) is 0 Å². The van der Waals surface area contributed by atoms with Crippen molar-refractivity contribution < 1.29 is 9.15 Å². The molecule has 128 valence electrons. The lowest BCUT2D eigenvalue weighted by Gasteiger charge is -2.07. The highest BCUT2D eigenvalue weighted by molar-refractivity contribution is 9.10. The molecule has 4 rings (SSSR count). The summed E-state index contributed by atoms with van der Waals surface area (Å²) in [4.78, 5) is 9.01. The number of hydrogen-bond donors (Lipinski definition) is 2. The lowest BCUT2D eigenvalue weighted by molar-refractivity contribution is 0.183. The van der Waals surface area contributed by atoms with Crippen molar-refractivity contribution in [3.63, 3.8) is 0 Å². The molecule has 0 fully saturated rings. The van der Waals surface area contributed by atoms with Gasteiger partial charge < -0.3 is 14.5 Å². The third-order valence-corrected chi connectivity index (χ3v) is 4.41. The van der Waals surface area contributed by atoms with Crippen LogP contribution >= 0.6 is 15.9 Å². The molecule has 0 spiro atoms. The van der Waals surface area contributed by atoms with Crippen LogP contribution in [0.15, 0.2) is 39.8 Å². The lowest BCUT2D eigenvalue weighted by atomic mass is 10.3. The van der Waals surface area contributed by atoms with Gasteiger partial charge in [0.1, 0.15) is 15.6 Å². The molecule has 0 bridgehead atoms. The number of rotatable bonds is 6. The summed E-state index contributed by atoms with van der Waals surface area (Å²) in [5.74, 6) is 1.64. The molecule has 0 saturated carbocycles. The highest BCUT2D eigenvalue weighted by Crippen LogP contribution is 2.29. The summed E-state index contributed by atoms with van der Waals surface area (Å²) in [5, 5.41) is 14.6. The first-order valence-corrected chi connectivity index (χ1v) is 8.28. The molecule has 0 aliphatic carbocycles. The normalized spacial score (nSPS) is 11.3. The van der Waals surface area contributed by atoms with Crippen molar-refractivity contribution >= 4 is 38.5 Å². The standard InChI is InChI=1S/C15H14BrN7O2/c1-24-6-4-23-13(16)10(8-18-23)20-15-12-9(7-17-22-12)19-14(21-15)11-3-2-5-25-11/h2-3,5,7-8H,4,6H2,1H3,(H,17,22)(H,19,20,21). The maximum atomic E-state index is 5.40. The summed E-state index contributed by atoms with van der Waals surface area (Å²) >= 11 is 3.55. The van der Waals surface area contributed by atoms with Gasteiger partial charge in [0.25, 0.3) is 0 Å². The van der Waals surface area contributed by atoms with Gasteiger partial charge in [-0.2, -0.15) is 10.2 Å². The summed E-state index contributed by atoms with van der Waals surface area (Å²) in [6.45, 7) is 1.21. The van der Waals surface area contributed by atoms with Gasteiger partial charge >= 0.3 is 0 Å². The predicted octanol–water partition coefficient (Wildman–Crippen LogP) is 2.96. The average Bonchev–Trinajstić information content (AvgIpc) is 3.35. The average molecular weight is 404 g/mol. The van der Waals surface area contributed by atoms with Crippen molar-refractivity contribution in [1.82, 2.24) is 29.9 Å². The number of hydrogen-bond acceptors (Lipinski definition) is 7. The van der Waals surface area contributed by atoms with Crippen molar-refractivity contribution in [1.29, 1.82) is 0 Å². The number of fused-ring (bicyclic) bond motifs is 1. The van der Waals surface area contributed by atoms with Gasteiger partial charge in [-0.3, -0.25) is 9.78 Å². The van der Waals surface area contributed by atoms with Crippen LogP contribution in [0.1, 0.15) is 0 Å². The van der Waals surface area contributed by atoms with E-state index in [2.05, 4.69) is 46.5 Å². The summed E-state index contributed by atoms with van der Waals surface area (Å²) in [7, 11) is 1.66. The molecule has 0 aliphatic rings. The quantitative estimate of drug-likeness (QED) is 0.509. The Morgan fingerprint density at radius 1 is 1.36 bits per heavy atom. The molecule has 2 N–H and O–H groups in total. The summed E-state index contributed by atoms with van der Waals surface area (Å²) in [6, 6.07) is 3.60. The Bertz CT molecular complexity index is 993. The Kier molecular flexibility index (Phi) is 4.20. The zero-order chi connectivity index (χ0) is 17.2. The van der Waals surface area contributed by atoms with E-state index in [0.717, 1.165) is 10.3 Å². The zero-order valence-corrected chi connectivity index (χ0v) is 14.8. The number of nitrogens with one attached hydrogen (secondary N) is 2. The minimum Gasteiger partial charge on any atom is -0.461 e. The highest BCUT2D eigenvalue weighted by atomic mass is 79.9. The fourth-order valence-electron chi connectivity index (χ4n) is 2.36. The van der Waals surface area contributed by atoms with Gasteiger partial charge in [0.2, 0.25) is 0 Å². The molecule has 25 heavy (non-hydrogen) atoms. The molecule has 10 heteroatoms. The van der Waals surface area contributed by atoms with Crippen LogP contribution in [0.4, 0.5) is 11.5 Å². The number of aromatic amines is 1. The third-order valence-electron chi connectivity index (χ3n) is 3.58. The first kappa shape index (κ1) is 15.8. The Labute approximate surface area is 150 Å². The smallest absolute Gasteiger partial charge is 0.198 e. The largest absolute Gasteiger partial charge is 0.461 e. The maximum Gasteiger partial charge on any atom is 0.198 e. The van der Waals surface area contributed by atoms with Crippen molar-refractivity contribution in [2.45, 2.75) is 6.54 Å². The van der Waals surface area contributed by atoms with E-state index in [4.69, 9.17) is 9.15 Å². The third kappa shape index (κ3) is 3.01. The second-order valence-electron chi connectivity index (χ2n) is 5.19. The number of anilines is 2. The van der Waals surface area contributed by atoms with Gasteiger partial charge in [0, 0.05) is 7.11 Å². The van der Waals surface area contributed by atoms with Crippen LogP contribution in [0.5, 0.6) is 0 Å². The number of ether oxygens (including phenoxy) is 1. The van der Waals surface area contributed by atoms with Gasteiger partial charge in [-0.15, -0.1) is 0 Å². The van der Waals surface area contributed by atoms with E-state index in [1.165, 1.54) is 0 Å². The molecule has 0 aliphatic heterocycles. The monoisotopic (exact) mass is 403 g/mol. The fraction of sp³-hybridized carbons (Fsp3) is 0.200. The zero-order valence-electron chi connectivity index (χ0n) is 13.2. The molecule has 0 amide bonds. The molecule has 0 aromatic carbocycles. The lowest BCUT2D eigenvalue weighted by Crippen LogP contribution is -2.06. The van der Waals surface area contributed by atoms with Gasteiger partial charge in [-0.1, -0.05) is 0 Å². The molecular formula is C15H14BrN7O2. The molecule has 0 radical (unpaired) electrons. The van der Waals surface area contributed by atoms with Crippen LogP contribution < -0.4 is 5.32 Å². The minimum absolute atomic E-state index is 0.476. The van der Waals surface area contributed by atoms with Crippen molar-refractivity contribution in [3.05, 3.63) is 35.4 Å². The Morgan fingerprint density at radius 3 is 3.08 bits per heavy atom. The maximum absolute atomic E-state index is 5.40. The molecular weight excluding hydrogens is 390 g/mol.